The van der Waals surface area contributed by atoms with Crippen LogP contribution in [0.25, 0.3) is 0 Å². The molecule has 6 nitrogen and oxygen atoms in total. The van der Waals surface area contributed by atoms with Crippen molar-refractivity contribution in [1.82, 2.24) is 10.6 Å². The van der Waals surface area contributed by atoms with E-state index in [-0.39, 0.29) is 24.4 Å². The number of methoxy groups -OCH3 is 1. The van der Waals surface area contributed by atoms with E-state index in [1.807, 2.05) is 72.8 Å². The van der Waals surface area contributed by atoms with Crippen molar-refractivity contribution in [2.75, 3.05) is 25.6 Å². The summed E-state index contributed by atoms with van der Waals surface area (Å²) in [6.45, 7) is 0.968. The molecule has 0 aliphatic rings. The summed E-state index contributed by atoms with van der Waals surface area (Å²) in [5.41, 5.74) is 3.52. The van der Waals surface area contributed by atoms with Gasteiger partial charge in [0.05, 0.1) is 19.1 Å². The molecule has 0 fully saturated rings. The SMILES string of the molecule is COCCNC(=O)Cc1ccc(NC(=O)NC(c2ccccc2)c2ccccc2)cc1. The lowest BCUT2D eigenvalue weighted by molar-refractivity contribution is -0.120. The smallest absolute Gasteiger partial charge is 0.319 e. The maximum absolute atomic E-state index is 12.7. The molecule has 0 saturated carbocycles. The zero-order chi connectivity index (χ0) is 21.9. The number of hydrogen-bond donors (Lipinski definition) is 3. The van der Waals surface area contributed by atoms with E-state index in [0.717, 1.165) is 16.7 Å². The lowest BCUT2D eigenvalue weighted by Gasteiger charge is -2.20. The molecule has 0 saturated heterocycles. The minimum atomic E-state index is -0.303. The van der Waals surface area contributed by atoms with E-state index in [1.54, 1.807) is 19.2 Å². The van der Waals surface area contributed by atoms with Crippen LogP contribution >= 0.6 is 0 Å². The number of amides is 3. The van der Waals surface area contributed by atoms with Crippen LogP contribution < -0.4 is 16.0 Å². The van der Waals surface area contributed by atoms with Crippen LogP contribution in [0, 0.1) is 0 Å². The van der Waals surface area contributed by atoms with Crippen LogP contribution in [-0.4, -0.2) is 32.2 Å². The molecule has 31 heavy (non-hydrogen) atoms. The van der Waals surface area contributed by atoms with Crippen LogP contribution in [0.5, 0.6) is 0 Å². The number of anilines is 1. The van der Waals surface area contributed by atoms with Crippen molar-refractivity contribution in [3.05, 3.63) is 102 Å². The fraction of sp³-hybridized carbons (Fsp3) is 0.200. The van der Waals surface area contributed by atoms with Crippen LogP contribution in [0.2, 0.25) is 0 Å². The average molecular weight is 418 g/mol. The first-order chi connectivity index (χ1) is 15.2. The van der Waals surface area contributed by atoms with E-state index in [9.17, 15) is 9.59 Å². The highest BCUT2D eigenvalue weighted by molar-refractivity contribution is 5.90. The van der Waals surface area contributed by atoms with Crippen molar-refractivity contribution in [3.8, 4) is 0 Å². The minimum absolute atomic E-state index is 0.0657. The third kappa shape index (κ3) is 6.97. The van der Waals surface area contributed by atoms with E-state index in [1.165, 1.54) is 0 Å². The molecule has 0 heterocycles. The first-order valence-corrected chi connectivity index (χ1v) is 10.2. The second-order valence-corrected chi connectivity index (χ2v) is 7.07. The van der Waals surface area contributed by atoms with Gasteiger partial charge in [0.2, 0.25) is 5.91 Å². The Balaban J connectivity index is 1.60. The average Bonchev–Trinajstić information content (AvgIpc) is 2.80. The second-order valence-electron chi connectivity index (χ2n) is 7.07. The molecule has 3 rings (SSSR count). The van der Waals surface area contributed by atoms with Crippen LogP contribution in [0.1, 0.15) is 22.7 Å². The van der Waals surface area contributed by atoms with Crippen molar-refractivity contribution in [2.24, 2.45) is 0 Å². The molecular formula is C25H27N3O3. The van der Waals surface area contributed by atoms with Gasteiger partial charge in [-0.15, -0.1) is 0 Å². The predicted octanol–water partition coefficient (Wildman–Crippen LogP) is 3.90. The number of carbonyl (C=O) groups is 2. The molecule has 160 valence electrons. The molecule has 0 aliphatic carbocycles. The fourth-order valence-corrected chi connectivity index (χ4v) is 3.19. The fourth-order valence-electron chi connectivity index (χ4n) is 3.19. The maximum atomic E-state index is 12.7. The Kier molecular flexibility index (Phi) is 8.20. The van der Waals surface area contributed by atoms with Crippen LogP contribution in [0.3, 0.4) is 0 Å². The molecule has 0 atom stereocenters. The van der Waals surface area contributed by atoms with Gasteiger partial charge in [-0.2, -0.15) is 0 Å². The van der Waals surface area contributed by atoms with Crippen molar-refractivity contribution in [2.45, 2.75) is 12.5 Å². The van der Waals surface area contributed by atoms with Gasteiger partial charge < -0.3 is 20.7 Å². The molecule has 3 amide bonds. The van der Waals surface area contributed by atoms with Gasteiger partial charge in [-0.1, -0.05) is 72.8 Å². The minimum Gasteiger partial charge on any atom is -0.383 e. The molecule has 3 N–H and O–H groups in total. The summed E-state index contributed by atoms with van der Waals surface area (Å²) >= 11 is 0. The number of hydrogen-bond acceptors (Lipinski definition) is 3. The van der Waals surface area contributed by atoms with E-state index in [0.29, 0.717) is 18.8 Å². The quantitative estimate of drug-likeness (QED) is 0.462. The summed E-state index contributed by atoms with van der Waals surface area (Å²) in [6, 6.07) is 26.3. The topological polar surface area (TPSA) is 79.5 Å². The Morgan fingerprint density at radius 3 is 1.97 bits per heavy atom. The van der Waals surface area contributed by atoms with Gasteiger partial charge in [-0.05, 0) is 28.8 Å². The summed E-state index contributed by atoms with van der Waals surface area (Å²) in [5, 5.41) is 8.70. The number of carbonyl (C=O) groups excluding carboxylic acids is 2. The molecule has 0 bridgehead atoms. The predicted molar refractivity (Wildman–Crippen MR) is 122 cm³/mol. The third-order valence-corrected chi connectivity index (χ3v) is 4.75. The maximum Gasteiger partial charge on any atom is 0.319 e. The number of rotatable bonds is 9. The molecule has 0 radical (unpaired) electrons. The second kappa shape index (κ2) is 11.5. The highest BCUT2D eigenvalue weighted by Gasteiger charge is 2.16. The van der Waals surface area contributed by atoms with E-state index in [4.69, 9.17) is 4.74 Å². The Hall–Kier alpha value is -3.64. The van der Waals surface area contributed by atoms with Crippen molar-refractivity contribution < 1.29 is 14.3 Å². The molecule has 0 unspecified atom stereocenters. The van der Waals surface area contributed by atoms with Gasteiger partial charge in [0.1, 0.15) is 0 Å². The Morgan fingerprint density at radius 1 is 0.839 bits per heavy atom. The highest BCUT2D eigenvalue weighted by Crippen LogP contribution is 2.22. The molecule has 6 heteroatoms. The molecule has 0 spiro atoms. The van der Waals surface area contributed by atoms with E-state index < -0.39 is 0 Å². The van der Waals surface area contributed by atoms with Crippen molar-refractivity contribution in [3.63, 3.8) is 0 Å². The van der Waals surface area contributed by atoms with Gasteiger partial charge in [-0.25, -0.2) is 4.79 Å². The number of benzene rings is 3. The molecule has 0 aromatic heterocycles. The van der Waals surface area contributed by atoms with Crippen LogP contribution in [0.15, 0.2) is 84.9 Å². The Bertz CT molecular complexity index is 921. The van der Waals surface area contributed by atoms with Gasteiger partial charge in [0, 0.05) is 19.3 Å². The largest absolute Gasteiger partial charge is 0.383 e. The number of nitrogens with one attached hydrogen (secondary N) is 3. The zero-order valence-corrected chi connectivity index (χ0v) is 17.5. The Morgan fingerprint density at radius 2 is 1.42 bits per heavy atom. The monoisotopic (exact) mass is 417 g/mol. The molecule has 3 aromatic rings. The van der Waals surface area contributed by atoms with Crippen LogP contribution in [0.4, 0.5) is 10.5 Å². The number of ether oxygens (including phenoxy) is 1. The summed E-state index contributed by atoms with van der Waals surface area (Å²) < 4.78 is 4.92. The van der Waals surface area contributed by atoms with Crippen molar-refractivity contribution >= 4 is 17.6 Å². The summed E-state index contributed by atoms with van der Waals surface area (Å²) in [4.78, 5) is 24.6. The van der Waals surface area contributed by atoms with E-state index in [2.05, 4.69) is 16.0 Å². The van der Waals surface area contributed by atoms with Gasteiger partial charge in [0.15, 0.2) is 0 Å². The summed E-state index contributed by atoms with van der Waals surface area (Å²) in [5.74, 6) is -0.0657. The molecule has 0 aliphatic heterocycles. The lowest BCUT2D eigenvalue weighted by Crippen LogP contribution is -2.33. The highest BCUT2D eigenvalue weighted by atomic mass is 16.5. The molecule has 3 aromatic carbocycles. The summed E-state index contributed by atoms with van der Waals surface area (Å²) in [7, 11) is 1.59. The van der Waals surface area contributed by atoms with Gasteiger partial charge in [0.25, 0.3) is 0 Å². The lowest BCUT2D eigenvalue weighted by atomic mass is 9.99. The Labute approximate surface area is 182 Å². The standard InChI is InChI=1S/C25H27N3O3/c1-31-17-16-26-23(29)18-19-12-14-22(15-13-19)27-25(30)28-24(20-8-4-2-5-9-20)21-10-6-3-7-11-21/h2-15,24H,16-18H2,1H3,(H,26,29)(H2,27,28,30). The van der Waals surface area contributed by atoms with Gasteiger partial charge in [-0.3, -0.25) is 4.79 Å². The third-order valence-electron chi connectivity index (χ3n) is 4.75. The van der Waals surface area contributed by atoms with E-state index >= 15 is 0 Å². The zero-order valence-electron chi connectivity index (χ0n) is 17.5. The van der Waals surface area contributed by atoms with Crippen molar-refractivity contribution in [1.29, 1.82) is 0 Å². The van der Waals surface area contributed by atoms with Crippen LogP contribution in [-0.2, 0) is 16.0 Å². The first-order valence-electron chi connectivity index (χ1n) is 10.2. The van der Waals surface area contributed by atoms with Gasteiger partial charge >= 0.3 is 6.03 Å². The number of urea groups is 1. The molecular weight excluding hydrogens is 390 g/mol. The first kappa shape index (κ1) is 22.1. The normalized spacial score (nSPS) is 10.5. The summed E-state index contributed by atoms with van der Waals surface area (Å²) in [6.07, 6.45) is 0.278.